The molecule has 568 valence electrons. The predicted octanol–water partition coefficient (Wildman–Crippen LogP) is 14.5. The van der Waals surface area contributed by atoms with Crippen molar-refractivity contribution < 1.29 is 89.0 Å². The Hall–Kier alpha value is -7.76. The Labute approximate surface area is 606 Å². The van der Waals surface area contributed by atoms with E-state index in [0.717, 1.165) is 6.07 Å². The van der Waals surface area contributed by atoms with E-state index in [1.807, 2.05) is 107 Å². The SMILES string of the molecule is COc1ccc(C(OC[C@H]2O[C@@H](n3cnc4c(F)c(F)ccc43)[C@H](OCCCNC(=O)C(CCCN(CCCC(=O)OC(C)(C)C)C(=O)OC(C)(C)C)N(CCCC(=O)OC(C)(C)C)C(=O)OC(C)(C)C)[C@@H]2OP(=O)(OCCC#N)N(C(C)C)C(C)C)(c2ccccc2)c2ccc(OC)cc2)cc1. The summed E-state index contributed by atoms with van der Waals surface area (Å²) in [5.74, 6) is -2.80. The van der Waals surface area contributed by atoms with Crippen molar-refractivity contribution in [1.29, 1.82) is 5.26 Å². The van der Waals surface area contributed by atoms with E-state index in [9.17, 15) is 24.4 Å². The first-order chi connectivity index (χ1) is 48.3. The normalized spacial score (nSPS) is 16.8. The van der Waals surface area contributed by atoms with Crippen molar-refractivity contribution in [3.63, 3.8) is 0 Å². The third kappa shape index (κ3) is 24.4. The van der Waals surface area contributed by atoms with Gasteiger partial charge in [0.25, 0.3) is 0 Å². The van der Waals surface area contributed by atoms with Crippen LogP contribution in [0.4, 0.5) is 18.4 Å². The topological polar surface area (TPSA) is 267 Å². The third-order valence-corrected chi connectivity index (χ3v) is 18.6. The summed E-state index contributed by atoms with van der Waals surface area (Å²) >= 11 is 0. The lowest BCUT2D eigenvalue weighted by molar-refractivity contribution is -0.156. The number of nitrogens with zero attached hydrogens (tertiary/aromatic N) is 6. The number of hydrogen-bond acceptors (Lipinski definition) is 19. The highest BCUT2D eigenvalue weighted by atomic mass is 31.2. The number of aromatic nitrogens is 2. The molecule has 1 aliphatic heterocycles. The van der Waals surface area contributed by atoms with Gasteiger partial charge in [0, 0.05) is 57.7 Å². The van der Waals surface area contributed by atoms with Crippen molar-refractivity contribution in [3.8, 4) is 17.6 Å². The number of carbonyl (C=O) groups is 5. The fourth-order valence-corrected chi connectivity index (χ4v) is 14.3. The number of benzene rings is 4. The summed E-state index contributed by atoms with van der Waals surface area (Å²) in [6.45, 7) is 27.1. The third-order valence-electron chi connectivity index (χ3n) is 16.1. The van der Waals surface area contributed by atoms with Crippen molar-refractivity contribution >= 4 is 48.8 Å². The second-order valence-electron chi connectivity index (χ2n) is 29.8. The zero-order chi connectivity index (χ0) is 76.3. The molecular formula is C76H108F2N7O17P. The molecule has 0 bridgehead atoms. The molecule has 5 aromatic rings. The Balaban J connectivity index is 1.43. The van der Waals surface area contributed by atoms with E-state index in [-0.39, 0.29) is 108 Å². The summed E-state index contributed by atoms with van der Waals surface area (Å²) in [6.07, 6.45) is -5.38. The minimum atomic E-state index is -4.56. The van der Waals surface area contributed by atoms with Crippen LogP contribution in [-0.4, -0.2) is 173 Å². The molecule has 1 aliphatic rings. The standard InChI is InChI=1S/C76H108F2N7O17P/c1-51(2)85(52(3)4)103(91,96-48-25-42-79)102-66-61(49-95-76(53-27-20-19-21-28-53,54-32-36-56(92-17)37-33-54)55-34-38-57(93-18)39-35-55)97-69(84-50-81-65-59(84)41-40-58(77)64(65)78)67(66)94-47-26-43-80-68(88)60(83(71(90)101-75(14,15)16)46-24-31-63(87)99-73(8,9)10)29-22-44-82(70(89)100-74(11,12)13)45-23-30-62(86)98-72(5,6)7/h19-21,27-28,32-41,50-52,60-61,66-67,69H,22-26,29-31,43-49H2,1-18H3,(H,80,88)/t60?,61-,66-,67-,69-,103?/m1/s1. The molecule has 27 heteroatoms. The molecular weight excluding hydrogens is 1350 g/mol. The number of imidazole rings is 1. The van der Waals surface area contributed by atoms with E-state index < -0.39 is 120 Å². The maximum Gasteiger partial charge on any atom is 0.410 e. The van der Waals surface area contributed by atoms with E-state index >= 15 is 18.1 Å². The quantitative estimate of drug-likeness (QED) is 0.0128. The zero-order valence-corrected chi connectivity index (χ0v) is 64.1. The summed E-state index contributed by atoms with van der Waals surface area (Å²) in [7, 11) is -1.44. The number of carbonyl (C=O) groups excluding carboxylic acids is 5. The fraction of sp³-hybridized carbons (Fsp3) is 0.592. The van der Waals surface area contributed by atoms with Crippen LogP contribution in [0.3, 0.4) is 0 Å². The Bertz CT molecular complexity index is 3600. The number of esters is 2. The maximum atomic E-state index is 16.1. The monoisotopic (exact) mass is 1460 g/mol. The minimum Gasteiger partial charge on any atom is -0.497 e. The molecule has 3 amide bonds. The number of methoxy groups -OCH3 is 2. The van der Waals surface area contributed by atoms with Crippen LogP contribution in [0.2, 0.25) is 0 Å². The van der Waals surface area contributed by atoms with Crippen LogP contribution < -0.4 is 14.8 Å². The highest BCUT2D eigenvalue weighted by molar-refractivity contribution is 7.51. The first-order valence-corrected chi connectivity index (χ1v) is 36.7. The van der Waals surface area contributed by atoms with Crippen molar-refractivity contribution in [2.24, 2.45) is 0 Å². The second-order valence-corrected chi connectivity index (χ2v) is 31.6. The predicted molar refractivity (Wildman–Crippen MR) is 384 cm³/mol. The molecule has 4 aromatic carbocycles. The number of rotatable bonds is 36. The van der Waals surface area contributed by atoms with Crippen LogP contribution in [0, 0.1) is 23.0 Å². The highest BCUT2D eigenvalue weighted by Gasteiger charge is 2.54. The van der Waals surface area contributed by atoms with Crippen LogP contribution >= 0.6 is 7.75 Å². The van der Waals surface area contributed by atoms with Crippen molar-refractivity contribution in [1.82, 2.24) is 29.3 Å². The molecule has 1 N–H and O–H groups in total. The molecule has 0 radical (unpaired) electrons. The molecule has 1 aromatic heterocycles. The summed E-state index contributed by atoms with van der Waals surface area (Å²) in [4.78, 5) is 76.3. The van der Waals surface area contributed by atoms with Crippen LogP contribution in [0.1, 0.15) is 185 Å². The van der Waals surface area contributed by atoms with Gasteiger partial charge in [-0.1, -0.05) is 54.6 Å². The zero-order valence-electron chi connectivity index (χ0n) is 63.2. The van der Waals surface area contributed by atoms with E-state index in [4.69, 9.17) is 51.7 Å². The fourth-order valence-electron chi connectivity index (χ4n) is 12.0. The Morgan fingerprint density at radius 3 is 1.71 bits per heavy atom. The van der Waals surface area contributed by atoms with Crippen LogP contribution in [0.5, 0.6) is 11.5 Å². The van der Waals surface area contributed by atoms with Gasteiger partial charge in [0.2, 0.25) is 5.91 Å². The van der Waals surface area contributed by atoms with Gasteiger partial charge in [-0.3, -0.25) is 28.3 Å². The Morgan fingerprint density at radius 2 is 1.18 bits per heavy atom. The smallest absolute Gasteiger partial charge is 0.410 e. The summed E-state index contributed by atoms with van der Waals surface area (Å²) in [5.41, 5.74) is -3.11. The molecule has 6 atom stereocenters. The molecule has 103 heavy (non-hydrogen) atoms. The summed E-state index contributed by atoms with van der Waals surface area (Å²) < 4.78 is 119. The number of halogens is 2. The van der Waals surface area contributed by atoms with Gasteiger partial charge < -0.3 is 57.4 Å². The average Bonchev–Trinajstić information content (AvgIpc) is 1.73. The molecule has 2 heterocycles. The summed E-state index contributed by atoms with van der Waals surface area (Å²) in [5, 5.41) is 12.8. The molecule has 0 spiro atoms. The van der Waals surface area contributed by atoms with Crippen molar-refractivity contribution in [2.45, 2.75) is 233 Å². The van der Waals surface area contributed by atoms with E-state index in [1.54, 1.807) is 102 Å². The highest BCUT2D eigenvalue weighted by Crippen LogP contribution is 2.58. The van der Waals surface area contributed by atoms with E-state index in [2.05, 4.69) is 16.4 Å². The second kappa shape index (κ2) is 37.3. The van der Waals surface area contributed by atoms with Crippen molar-refractivity contribution in [2.75, 3.05) is 60.2 Å². The molecule has 0 saturated carbocycles. The number of nitrogens with one attached hydrogen (secondary N) is 1. The molecule has 0 aliphatic carbocycles. The molecule has 24 nitrogen and oxygen atoms in total. The molecule has 1 fully saturated rings. The van der Waals surface area contributed by atoms with Gasteiger partial charge in [0.1, 0.15) is 69.4 Å². The molecule has 1 saturated heterocycles. The minimum absolute atomic E-state index is 0.00766. The molecule has 2 unspecified atom stereocenters. The van der Waals surface area contributed by atoms with Gasteiger partial charge in [-0.2, -0.15) is 5.26 Å². The lowest BCUT2D eigenvalue weighted by Crippen LogP contribution is -2.52. The number of amides is 3. The lowest BCUT2D eigenvalue weighted by Gasteiger charge is -2.39. The van der Waals surface area contributed by atoms with Gasteiger partial charge in [-0.25, -0.2) is 32.6 Å². The van der Waals surface area contributed by atoms with Crippen LogP contribution in [0.15, 0.2) is 97.3 Å². The van der Waals surface area contributed by atoms with Gasteiger partial charge in [-0.05, 0) is 196 Å². The number of nitriles is 1. The number of ether oxygens (including phenoxy) is 9. The van der Waals surface area contributed by atoms with E-state index in [0.29, 0.717) is 28.2 Å². The molecule has 6 rings (SSSR count). The largest absolute Gasteiger partial charge is 0.497 e. The van der Waals surface area contributed by atoms with E-state index in [1.165, 1.54) is 26.8 Å². The summed E-state index contributed by atoms with van der Waals surface area (Å²) in [6, 6.07) is 26.3. The van der Waals surface area contributed by atoms with Gasteiger partial charge in [0.05, 0.1) is 51.8 Å². The number of hydrogen-bond donors (Lipinski definition) is 1. The van der Waals surface area contributed by atoms with Crippen LogP contribution in [-0.2, 0) is 66.8 Å². The number of fused-ring (bicyclic) bond motifs is 1. The van der Waals surface area contributed by atoms with Crippen molar-refractivity contribution in [3.05, 3.63) is 126 Å². The Kier molecular flexibility index (Phi) is 30.5. The lowest BCUT2D eigenvalue weighted by atomic mass is 9.80. The average molecular weight is 1460 g/mol. The van der Waals surface area contributed by atoms with Gasteiger partial charge in [0.15, 0.2) is 17.9 Å². The van der Waals surface area contributed by atoms with Crippen LogP contribution in [0.25, 0.3) is 11.0 Å². The maximum absolute atomic E-state index is 16.1. The first-order valence-electron chi connectivity index (χ1n) is 35.2. The van der Waals surface area contributed by atoms with Gasteiger partial charge in [-0.15, -0.1) is 0 Å². The Morgan fingerprint density at radius 1 is 0.660 bits per heavy atom. The van der Waals surface area contributed by atoms with Gasteiger partial charge >= 0.3 is 31.9 Å². The first kappa shape index (κ1) is 84.2.